The molecule has 1 aromatic rings. The van der Waals surface area contributed by atoms with Crippen molar-refractivity contribution in [2.45, 2.75) is 51.9 Å². The van der Waals surface area contributed by atoms with E-state index >= 15 is 0 Å². The predicted octanol–water partition coefficient (Wildman–Crippen LogP) is 4.31. The van der Waals surface area contributed by atoms with Gasteiger partial charge in [-0.1, -0.05) is 31.3 Å². The molecular weight excluding hydrogens is 276 g/mol. The van der Waals surface area contributed by atoms with Crippen molar-refractivity contribution in [3.8, 4) is 23.7 Å². The quantitative estimate of drug-likeness (QED) is 0.574. The molecule has 0 atom stereocenters. The van der Waals surface area contributed by atoms with E-state index < -0.39 is 5.97 Å². The molecule has 116 valence electrons. The Labute approximate surface area is 132 Å². The molecule has 0 aromatic carbocycles. The zero-order chi connectivity index (χ0) is 16.0. The first-order valence-electron chi connectivity index (χ1n) is 7.63. The number of allylic oxidation sites excluding steroid dienone is 2. The molecule has 3 heteroatoms. The number of aliphatic carboxylic acids is 1. The maximum absolute atomic E-state index is 10.3. The van der Waals surface area contributed by atoms with Crippen molar-refractivity contribution >= 4 is 5.97 Å². The summed E-state index contributed by atoms with van der Waals surface area (Å²) < 4.78 is 5.30. The molecule has 0 aliphatic rings. The van der Waals surface area contributed by atoms with E-state index in [9.17, 15) is 4.79 Å². The van der Waals surface area contributed by atoms with Crippen LogP contribution >= 0.6 is 0 Å². The summed E-state index contributed by atoms with van der Waals surface area (Å²) in [4.78, 5) is 10.3. The molecular formula is C19H22O3. The molecule has 0 spiro atoms. The Kier molecular flexibility index (Phi) is 9.06. The fourth-order valence-corrected chi connectivity index (χ4v) is 1.88. The Balaban J connectivity index is 2.04. The molecule has 0 radical (unpaired) electrons. The Hall–Kier alpha value is -2.39. The van der Waals surface area contributed by atoms with E-state index in [1.54, 1.807) is 0 Å². The average Bonchev–Trinajstić information content (AvgIpc) is 2.89. The van der Waals surface area contributed by atoms with Gasteiger partial charge in [-0.2, -0.15) is 0 Å². The number of rotatable bonds is 8. The van der Waals surface area contributed by atoms with Gasteiger partial charge in [-0.3, -0.25) is 4.79 Å². The van der Waals surface area contributed by atoms with E-state index in [-0.39, 0.29) is 6.42 Å². The van der Waals surface area contributed by atoms with Crippen LogP contribution in [0.15, 0.2) is 28.7 Å². The highest BCUT2D eigenvalue weighted by Gasteiger charge is 1.95. The molecule has 1 heterocycles. The first-order chi connectivity index (χ1) is 10.7. The number of aryl methyl sites for hydroxylation is 1. The molecule has 0 bridgehead atoms. The monoisotopic (exact) mass is 298 g/mol. The van der Waals surface area contributed by atoms with Gasteiger partial charge < -0.3 is 9.52 Å². The maximum Gasteiger partial charge on any atom is 0.303 e. The zero-order valence-electron chi connectivity index (χ0n) is 13.0. The highest BCUT2D eigenvalue weighted by atomic mass is 16.4. The zero-order valence-corrected chi connectivity index (χ0v) is 13.0. The molecule has 0 aliphatic heterocycles. The summed E-state index contributed by atoms with van der Waals surface area (Å²) in [6.45, 7) is 1.88. The van der Waals surface area contributed by atoms with Crippen LogP contribution in [0.1, 0.15) is 56.5 Å². The van der Waals surface area contributed by atoms with Crippen molar-refractivity contribution in [3.05, 3.63) is 35.8 Å². The van der Waals surface area contributed by atoms with Crippen molar-refractivity contribution in [2.75, 3.05) is 0 Å². The number of carboxylic acids is 1. The SMILES string of the molecule is Cc1ccc(C#CC#CC=CCCCCCCCC(=O)O)o1. The first-order valence-corrected chi connectivity index (χ1v) is 7.63. The fraction of sp³-hybridized carbons (Fsp3) is 0.421. The van der Waals surface area contributed by atoms with Crippen LogP contribution in [0.5, 0.6) is 0 Å². The number of unbranched alkanes of at least 4 members (excludes halogenated alkanes) is 5. The minimum Gasteiger partial charge on any atom is -0.481 e. The molecule has 22 heavy (non-hydrogen) atoms. The largest absolute Gasteiger partial charge is 0.481 e. The van der Waals surface area contributed by atoms with Crippen LogP contribution in [-0.4, -0.2) is 11.1 Å². The summed E-state index contributed by atoms with van der Waals surface area (Å²) in [6.07, 6.45) is 10.3. The third-order valence-electron chi connectivity index (χ3n) is 3.02. The summed E-state index contributed by atoms with van der Waals surface area (Å²) in [5.41, 5.74) is 0. The number of carboxylic acid groups (broad SMARTS) is 1. The van der Waals surface area contributed by atoms with E-state index in [1.807, 2.05) is 31.2 Å². The van der Waals surface area contributed by atoms with Gasteiger partial charge in [0, 0.05) is 6.42 Å². The summed E-state index contributed by atoms with van der Waals surface area (Å²) in [7, 11) is 0. The minimum absolute atomic E-state index is 0.286. The van der Waals surface area contributed by atoms with Crippen molar-refractivity contribution in [1.29, 1.82) is 0 Å². The molecule has 0 saturated carbocycles. The Bertz CT molecular complexity index is 600. The van der Waals surface area contributed by atoms with Crippen LogP contribution in [0, 0.1) is 30.6 Å². The lowest BCUT2D eigenvalue weighted by molar-refractivity contribution is -0.137. The molecule has 1 aromatic heterocycles. The Morgan fingerprint density at radius 3 is 2.68 bits per heavy atom. The first kappa shape index (κ1) is 17.7. The van der Waals surface area contributed by atoms with Gasteiger partial charge in [0.1, 0.15) is 5.76 Å². The smallest absolute Gasteiger partial charge is 0.303 e. The van der Waals surface area contributed by atoms with Gasteiger partial charge in [0.25, 0.3) is 0 Å². The second kappa shape index (κ2) is 11.3. The fourth-order valence-electron chi connectivity index (χ4n) is 1.88. The van der Waals surface area contributed by atoms with Gasteiger partial charge in [0.2, 0.25) is 0 Å². The van der Waals surface area contributed by atoms with Gasteiger partial charge >= 0.3 is 5.97 Å². The van der Waals surface area contributed by atoms with E-state index in [0.29, 0.717) is 5.76 Å². The van der Waals surface area contributed by atoms with Gasteiger partial charge in [-0.25, -0.2) is 0 Å². The summed E-state index contributed by atoms with van der Waals surface area (Å²) >= 11 is 0. The van der Waals surface area contributed by atoms with Crippen molar-refractivity contribution in [3.63, 3.8) is 0 Å². The molecule has 0 fully saturated rings. The standard InChI is InChI=1S/C19H22O3/c1-17-15-16-18(22-17)13-11-9-7-5-3-2-4-6-8-10-12-14-19(20)21/h3,5,15-16H,2,4,6,8,10,12,14H2,1H3,(H,20,21). The molecule has 1 rings (SSSR count). The number of furan rings is 1. The van der Waals surface area contributed by atoms with Crippen molar-refractivity contribution in [2.24, 2.45) is 0 Å². The van der Waals surface area contributed by atoms with E-state index in [2.05, 4.69) is 23.7 Å². The molecule has 1 N–H and O–H groups in total. The summed E-state index contributed by atoms with van der Waals surface area (Å²) in [5.74, 6) is 12.0. The third-order valence-corrected chi connectivity index (χ3v) is 3.02. The summed E-state index contributed by atoms with van der Waals surface area (Å²) in [5, 5.41) is 8.50. The molecule has 0 amide bonds. The second-order valence-electron chi connectivity index (χ2n) is 5.03. The highest BCUT2D eigenvalue weighted by molar-refractivity contribution is 5.66. The maximum atomic E-state index is 10.3. The lowest BCUT2D eigenvalue weighted by atomic mass is 10.1. The van der Waals surface area contributed by atoms with Crippen molar-refractivity contribution < 1.29 is 14.3 Å². The normalized spacial score (nSPS) is 9.86. The Morgan fingerprint density at radius 1 is 1.18 bits per heavy atom. The van der Waals surface area contributed by atoms with Crippen LogP contribution < -0.4 is 0 Å². The molecule has 0 unspecified atom stereocenters. The molecule has 3 nitrogen and oxygen atoms in total. The van der Waals surface area contributed by atoms with Gasteiger partial charge in [0.15, 0.2) is 5.76 Å². The second-order valence-corrected chi connectivity index (χ2v) is 5.03. The molecule has 0 saturated heterocycles. The van der Waals surface area contributed by atoms with Gasteiger partial charge in [-0.15, -0.1) is 0 Å². The van der Waals surface area contributed by atoms with E-state index in [1.165, 1.54) is 0 Å². The summed E-state index contributed by atoms with van der Waals surface area (Å²) in [6, 6.07) is 3.70. The van der Waals surface area contributed by atoms with Crippen LogP contribution in [0.25, 0.3) is 0 Å². The Morgan fingerprint density at radius 2 is 1.95 bits per heavy atom. The van der Waals surface area contributed by atoms with Crippen molar-refractivity contribution in [1.82, 2.24) is 0 Å². The van der Waals surface area contributed by atoms with Crippen LogP contribution in [-0.2, 0) is 4.79 Å². The number of hydrogen-bond acceptors (Lipinski definition) is 2. The van der Waals surface area contributed by atoms with Crippen LogP contribution in [0.2, 0.25) is 0 Å². The minimum atomic E-state index is -0.702. The number of carbonyl (C=O) groups is 1. The van der Waals surface area contributed by atoms with Crippen LogP contribution in [0.4, 0.5) is 0 Å². The topological polar surface area (TPSA) is 50.4 Å². The number of hydrogen-bond donors (Lipinski definition) is 1. The highest BCUT2D eigenvalue weighted by Crippen LogP contribution is 2.07. The molecule has 0 aliphatic carbocycles. The third kappa shape index (κ3) is 9.50. The van der Waals surface area contributed by atoms with Gasteiger partial charge in [-0.05, 0) is 62.2 Å². The van der Waals surface area contributed by atoms with E-state index in [0.717, 1.165) is 44.3 Å². The predicted molar refractivity (Wildman–Crippen MR) is 87.2 cm³/mol. The lowest BCUT2D eigenvalue weighted by Gasteiger charge is -1.97. The average molecular weight is 298 g/mol. The van der Waals surface area contributed by atoms with Crippen LogP contribution in [0.3, 0.4) is 0 Å². The van der Waals surface area contributed by atoms with E-state index in [4.69, 9.17) is 9.52 Å². The lowest BCUT2D eigenvalue weighted by Crippen LogP contribution is -1.93. The van der Waals surface area contributed by atoms with Gasteiger partial charge in [0.05, 0.1) is 0 Å².